The number of methoxy groups -OCH3 is 1. The lowest BCUT2D eigenvalue weighted by Gasteiger charge is -2.00. The summed E-state index contributed by atoms with van der Waals surface area (Å²) in [5.41, 5.74) is 0.815. The van der Waals surface area contributed by atoms with Gasteiger partial charge in [-0.25, -0.2) is 4.39 Å². The zero-order valence-corrected chi connectivity index (χ0v) is 9.08. The quantitative estimate of drug-likeness (QED) is 0.714. The highest BCUT2D eigenvalue weighted by Gasteiger charge is 2.09. The van der Waals surface area contributed by atoms with E-state index in [1.165, 1.54) is 23.5 Å². The van der Waals surface area contributed by atoms with Gasteiger partial charge in [0.15, 0.2) is 0 Å². The predicted molar refractivity (Wildman–Crippen MR) is 57.9 cm³/mol. The van der Waals surface area contributed by atoms with Crippen LogP contribution < -0.4 is 4.74 Å². The first kappa shape index (κ1) is 9.74. The highest BCUT2D eigenvalue weighted by molar-refractivity contribution is 7.17. The van der Waals surface area contributed by atoms with Gasteiger partial charge in [-0.05, 0) is 17.7 Å². The predicted octanol–water partition coefficient (Wildman–Crippen LogP) is 3.79. The van der Waals surface area contributed by atoms with Gasteiger partial charge in [0.05, 0.1) is 7.11 Å². The molecule has 0 atom stereocenters. The molecule has 0 unspecified atom stereocenters. The van der Waals surface area contributed by atoms with Gasteiger partial charge < -0.3 is 4.74 Å². The van der Waals surface area contributed by atoms with Crippen molar-refractivity contribution >= 4 is 33.0 Å². The van der Waals surface area contributed by atoms with Crippen molar-refractivity contribution in [3.05, 3.63) is 28.9 Å². The molecule has 1 nitrogen and oxygen atoms in total. The molecule has 74 valence electrons. The van der Waals surface area contributed by atoms with Crippen LogP contribution in [0, 0.1) is 5.82 Å². The zero-order chi connectivity index (χ0) is 10.1. The highest BCUT2D eigenvalue weighted by atomic mass is 35.5. The molecule has 14 heavy (non-hydrogen) atoms. The van der Waals surface area contributed by atoms with Crippen LogP contribution in [0.1, 0.15) is 5.56 Å². The van der Waals surface area contributed by atoms with Gasteiger partial charge in [-0.3, -0.25) is 0 Å². The Kier molecular flexibility index (Phi) is 2.61. The van der Waals surface area contributed by atoms with Crippen LogP contribution in [0.3, 0.4) is 0 Å². The second-order valence-corrected chi connectivity index (χ2v) is 4.03. The van der Waals surface area contributed by atoms with Crippen molar-refractivity contribution in [2.24, 2.45) is 0 Å². The van der Waals surface area contributed by atoms with Gasteiger partial charge in [0.25, 0.3) is 0 Å². The molecule has 0 radical (unpaired) electrons. The fourth-order valence-corrected chi connectivity index (χ4v) is 2.71. The molecule has 0 aliphatic heterocycles. The van der Waals surface area contributed by atoms with E-state index in [4.69, 9.17) is 16.3 Å². The van der Waals surface area contributed by atoms with Gasteiger partial charge in [-0.15, -0.1) is 22.9 Å². The van der Waals surface area contributed by atoms with E-state index < -0.39 is 0 Å². The van der Waals surface area contributed by atoms with Crippen LogP contribution in [0.4, 0.5) is 4.39 Å². The third-order valence-corrected chi connectivity index (χ3v) is 3.38. The maximum atomic E-state index is 13.2. The van der Waals surface area contributed by atoms with Crippen LogP contribution >= 0.6 is 22.9 Å². The van der Waals surface area contributed by atoms with Crippen LogP contribution in [0.5, 0.6) is 5.75 Å². The first-order valence-electron chi connectivity index (χ1n) is 4.06. The Balaban J connectivity index is 2.76. The molecule has 0 N–H and O–H groups in total. The van der Waals surface area contributed by atoms with Gasteiger partial charge in [-0.2, -0.15) is 0 Å². The van der Waals surface area contributed by atoms with Gasteiger partial charge in [-0.1, -0.05) is 0 Å². The van der Waals surface area contributed by atoms with Crippen LogP contribution in [-0.2, 0) is 5.88 Å². The minimum Gasteiger partial charge on any atom is -0.495 e. The number of thiophene rings is 1. The Bertz CT molecular complexity index is 466. The SMILES string of the molecule is COc1csc2c(CCl)cc(F)cc12. The average molecular weight is 231 g/mol. The fourth-order valence-electron chi connectivity index (χ4n) is 1.41. The summed E-state index contributed by atoms with van der Waals surface area (Å²) in [4.78, 5) is 0. The third-order valence-electron chi connectivity index (χ3n) is 2.04. The zero-order valence-electron chi connectivity index (χ0n) is 7.51. The van der Waals surface area contributed by atoms with E-state index in [2.05, 4.69) is 0 Å². The van der Waals surface area contributed by atoms with Gasteiger partial charge in [0.2, 0.25) is 0 Å². The van der Waals surface area contributed by atoms with Crippen LogP contribution in [-0.4, -0.2) is 7.11 Å². The van der Waals surface area contributed by atoms with Crippen LogP contribution in [0.25, 0.3) is 10.1 Å². The van der Waals surface area contributed by atoms with Gasteiger partial charge in [0, 0.05) is 21.3 Å². The molecule has 1 aromatic heterocycles. The van der Waals surface area contributed by atoms with E-state index in [-0.39, 0.29) is 5.82 Å². The largest absolute Gasteiger partial charge is 0.495 e. The normalized spacial score (nSPS) is 10.8. The minimum absolute atomic E-state index is 0.273. The topological polar surface area (TPSA) is 9.23 Å². The lowest BCUT2D eigenvalue weighted by molar-refractivity contribution is 0.421. The molecular weight excluding hydrogens is 223 g/mol. The summed E-state index contributed by atoms with van der Waals surface area (Å²) in [5, 5.41) is 2.66. The maximum absolute atomic E-state index is 13.2. The molecule has 0 saturated carbocycles. The standard InChI is InChI=1S/C10H8ClFOS/c1-13-9-5-14-10-6(4-11)2-7(12)3-8(9)10/h2-3,5H,4H2,1H3. The number of ether oxygens (including phenoxy) is 1. The van der Waals surface area contributed by atoms with Crippen molar-refractivity contribution in [2.45, 2.75) is 5.88 Å². The van der Waals surface area contributed by atoms with Crippen molar-refractivity contribution < 1.29 is 9.13 Å². The highest BCUT2D eigenvalue weighted by Crippen LogP contribution is 2.35. The summed E-state index contributed by atoms with van der Waals surface area (Å²) in [7, 11) is 1.58. The van der Waals surface area contributed by atoms with Crippen molar-refractivity contribution in [1.29, 1.82) is 0 Å². The van der Waals surface area contributed by atoms with E-state index in [1.54, 1.807) is 7.11 Å². The van der Waals surface area contributed by atoms with Gasteiger partial charge >= 0.3 is 0 Å². The van der Waals surface area contributed by atoms with Crippen LogP contribution in [0.15, 0.2) is 17.5 Å². The second kappa shape index (κ2) is 3.75. The summed E-state index contributed by atoms with van der Waals surface area (Å²) in [6.45, 7) is 0. The number of benzene rings is 1. The summed E-state index contributed by atoms with van der Waals surface area (Å²) in [5.74, 6) is 0.749. The smallest absolute Gasteiger partial charge is 0.137 e. The lowest BCUT2D eigenvalue weighted by atomic mass is 10.2. The monoisotopic (exact) mass is 230 g/mol. The molecule has 0 saturated heterocycles. The summed E-state index contributed by atoms with van der Waals surface area (Å²) >= 11 is 7.25. The molecule has 1 aromatic carbocycles. The maximum Gasteiger partial charge on any atom is 0.137 e. The van der Waals surface area contributed by atoms with E-state index in [0.29, 0.717) is 11.6 Å². The lowest BCUT2D eigenvalue weighted by Crippen LogP contribution is -1.84. The van der Waals surface area contributed by atoms with E-state index >= 15 is 0 Å². The molecule has 2 aromatic rings. The second-order valence-electron chi connectivity index (χ2n) is 2.88. The Morgan fingerprint density at radius 2 is 2.29 bits per heavy atom. The fraction of sp³-hybridized carbons (Fsp3) is 0.200. The van der Waals surface area contributed by atoms with Gasteiger partial charge in [0.1, 0.15) is 11.6 Å². The van der Waals surface area contributed by atoms with E-state index in [0.717, 1.165) is 15.6 Å². The summed E-state index contributed by atoms with van der Waals surface area (Å²) in [6.07, 6.45) is 0. The Hall–Kier alpha value is -0.800. The van der Waals surface area contributed by atoms with E-state index in [1.807, 2.05) is 5.38 Å². The minimum atomic E-state index is -0.273. The number of rotatable bonds is 2. The molecule has 0 fully saturated rings. The molecule has 2 rings (SSSR count). The Labute approximate surface area is 90.1 Å². The molecular formula is C10H8ClFOS. The number of halogens is 2. The molecule has 0 spiro atoms. The molecule has 0 bridgehead atoms. The number of hydrogen-bond donors (Lipinski definition) is 0. The van der Waals surface area contributed by atoms with E-state index in [9.17, 15) is 4.39 Å². The average Bonchev–Trinajstić information content (AvgIpc) is 2.59. The molecule has 0 aliphatic rings. The summed E-state index contributed by atoms with van der Waals surface area (Å²) in [6, 6.07) is 2.94. The third kappa shape index (κ3) is 1.47. The molecule has 4 heteroatoms. The number of alkyl halides is 1. The number of hydrogen-bond acceptors (Lipinski definition) is 2. The first-order chi connectivity index (χ1) is 6.76. The van der Waals surface area contributed by atoms with Crippen molar-refractivity contribution in [1.82, 2.24) is 0 Å². The Morgan fingerprint density at radius 1 is 1.50 bits per heavy atom. The molecule has 0 amide bonds. The van der Waals surface area contributed by atoms with Crippen LogP contribution in [0.2, 0.25) is 0 Å². The summed E-state index contributed by atoms with van der Waals surface area (Å²) < 4.78 is 19.3. The van der Waals surface area contributed by atoms with Crippen molar-refractivity contribution in [3.8, 4) is 5.75 Å². The molecule has 1 heterocycles. The Morgan fingerprint density at radius 3 is 2.93 bits per heavy atom. The van der Waals surface area contributed by atoms with Crippen molar-refractivity contribution in [3.63, 3.8) is 0 Å². The van der Waals surface area contributed by atoms with Crippen molar-refractivity contribution in [2.75, 3.05) is 7.11 Å². The number of fused-ring (bicyclic) bond motifs is 1. The molecule has 0 aliphatic carbocycles. The first-order valence-corrected chi connectivity index (χ1v) is 5.47.